The maximum Gasteiger partial charge on any atom is 0.336 e. The number of aromatic hydroxyl groups is 1. The van der Waals surface area contributed by atoms with E-state index in [1.54, 1.807) is 22.8 Å². The molecule has 9 heteroatoms. The summed E-state index contributed by atoms with van der Waals surface area (Å²) >= 11 is 3.44. The first-order valence-corrected chi connectivity index (χ1v) is 11.4. The number of carbonyl (C=O) groups is 1. The van der Waals surface area contributed by atoms with Gasteiger partial charge in [-0.1, -0.05) is 46.3 Å². The Labute approximate surface area is 207 Å². The van der Waals surface area contributed by atoms with Crippen LogP contribution >= 0.6 is 15.9 Å². The van der Waals surface area contributed by atoms with Crippen molar-refractivity contribution in [1.82, 2.24) is 4.57 Å². The van der Waals surface area contributed by atoms with E-state index in [1.807, 2.05) is 48.5 Å². The lowest BCUT2D eigenvalue weighted by atomic mass is 10.2. The Kier molecular flexibility index (Phi) is 6.15. The van der Waals surface area contributed by atoms with Crippen LogP contribution in [0.3, 0.4) is 0 Å². The highest BCUT2D eigenvalue weighted by molar-refractivity contribution is 9.10. The third-order valence-corrected chi connectivity index (χ3v) is 5.87. The standard InChI is InChI=1S/C26H18BrN3O5/c27-18-8-10-21-20(12-18)25(26(33)30(21)14-16-4-2-1-3-5-16)29-28-23(31)15-34-19-9-6-17-7-11-24(32)35-22(17)13-19/h1-13,33H,14-15H2. The summed E-state index contributed by atoms with van der Waals surface area (Å²) in [6, 6.07) is 23.1. The van der Waals surface area contributed by atoms with E-state index in [0.717, 1.165) is 20.9 Å². The Balaban J connectivity index is 1.37. The number of fused-ring (bicyclic) bond motifs is 2. The summed E-state index contributed by atoms with van der Waals surface area (Å²) < 4.78 is 13.1. The Morgan fingerprint density at radius 3 is 2.66 bits per heavy atom. The van der Waals surface area contributed by atoms with Gasteiger partial charge in [-0.05, 0) is 42.0 Å². The predicted octanol–water partition coefficient (Wildman–Crippen LogP) is 5.95. The largest absolute Gasteiger partial charge is 0.493 e. The van der Waals surface area contributed by atoms with Crippen LogP contribution in [0, 0.1) is 0 Å². The minimum absolute atomic E-state index is 0.0935. The van der Waals surface area contributed by atoms with Crippen LogP contribution in [0.5, 0.6) is 11.6 Å². The molecule has 35 heavy (non-hydrogen) atoms. The maximum atomic E-state index is 12.4. The zero-order valence-electron chi connectivity index (χ0n) is 18.2. The van der Waals surface area contributed by atoms with Gasteiger partial charge in [0.25, 0.3) is 0 Å². The number of azo groups is 1. The van der Waals surface area contributed by atoms with Crippen molar-refractivity contribution in [3.8, 4) is 11.6 Å². The van der Waals surface area contributed by atoms with E-state index in [2.05, 4.69) is 26.2 Å². The third-order valence-electron chi connectivity index (χ3n) is 5.37. The summed E-state index contributed by atoms with van der Waals surface area (Å²) in [6.45, 7) is 0.0503. The molecular weight excluding hydrogens is 514 g/mol. The highest BCUT2D eigenvalue weighted by Gasteiger charge is 2.18. The molecule has 0 unspecified atom stereocenters. The lowest BCUT2D eigenvalue weighted by molar-refractivity contribution is -0.120. The molecule has 5 rings (SSSR count). The molecule has 3 aromatic carbocycles. The fourth-order valence-electron chi connectivity index (χ4n) is 3.73. The highest BCUT2D eigenvalue weighted by Crippen LogP contribution is 2.40. The molecule has 2 heterocycles. The topological polar surface area (TPSA) is 106 Å². The van der Waals surface area contributed by atoms with E-state index in [4.69, 9.17) is 9.15 Å². The van der Waals surface area contributed by atoms with Crippen LogP contribution in [-0.2, 0) is 11.3 Å². The first-order chi connectivity index (χ1) is 17.0. The normalized spacial score (nSPS) is 11.5. The number of carbonyl (C=O) groups excluding carboxylic acids is 1. The van der Waals surface area contributed by atoms with Crippen molar-refractivity contribution in [2.24, 2.45) is 10.2 Å². The lowest BCUT2D eigenvalue weighted by Gasteiger charge is -2.07. The number of amides is 1. The summed E-state index contributed by atoms with van der Waals surface area (Å²) in [4.78, 5) is 23.8. The second-order valence-corrected chi connectivity index (χ2v) is 8.66. The molecule has 0 spiro atoms. The average molecular weight is 532 g/mol. The summed E-state index contributed by atoms with van der Waals surface area (Å²) in [6.07, 6.45) is 0. The van der Waals surface area contributed by atoms with E-state index in [-0.39, 0.29) is 18.2 Å². The van der Waals surface area contributed by atoms with Gasteiger partial charge in [-0.25, -0.2) is 4.79 Å². The molecule has 1 N–H and O–H groups in total. The number of benzene rings is 3. The molecule has 1 amide bonds. The van der Waals surface area contributed by atoms with Gasteiger partial charge in [-0.3, -0.25) is 4.79 Å². The lowest BCUT2D eigenvalue weighted by Crippen LogP contribution is -2.07. The van der Waals surface area contributed by atoms with Gasteiger partial charge >= 0.3 is 11.5 Å². The van der Waals surface area contributed by atoms with Gasteiger partial charge in [0.05, 0.1) is 12.1 Å². The van der Waals surface area contributed by atoms with E-state index in [9.17, 15) is 14.7 Å². The zero-order chi connectivity index (χ0) is 24.4. The van der Waals surface area contributed by atoms with Crippen molar-refractivity contribution in [1.29, 1.82) is 0 Å². The van der Waals surface area contributed by atoms with Crippen LogP contribution in [0.15, 0.2) is 103 Å². The van der Waals surface area contributed by atoms with Crippen molar-refractivity contribution in [2.45, 2.75) is 6.54 Å². The molecule has 8 nitrogen and oxygen atoms in total. The van der Waals surface area contributed by atoms with Gasteiger partial charge in [0, 0.05) is 27.4 Å². The Morgan fingerprint density at radius 1 is 1.03 bits per heavy atom. The number of nitrogens with zero attached hydrogens (tertiary/aromatic N) is 3. The van der Waals surface area contributed by atoms with Crippen molar-refractivity contribution >= 4 is 49.4 Å². The highest BCUT2D eigenvalue weighted by atomic mass is 79.9. The van der Waals surface area contributed by atoms with Crippen LogP contribution in [0.4, 0.5) is 5.69 Å². The molecule has 0 fully saturated rings. The number of ether oxygens (including phenoxy) is 1. The second kappa shape index (κ2) is 9.55. The van der Waals surface area contributed by atoms with Crippen molar-refractivity contribution in [3.05, 3.63) is 99.3 Å². The molecule has 174 valence electrons. The molecule has 0 saturated heterocycles. The number of rotatable bonds is 6. The zero-order valence-corrected chi connectivity index (χ0v) is 19.8. The van der Waals surface area contributed by atoms with Gasteiger partial charge in [0.1, 0.15) is 11.3 Å². The van der Waals surface area contributed by atoms with Gasteiger partial charge in [-0.15, -0.1) is 10.2 Å². The van der Waals surface area contributed by atoms with E-state index in [1.165, 1.54) is 12.1 Å². The Bertz CT molecular complexity index is 1640. The first-order valence-electron chi connectivity index (χ1n) is 10.6. The first kappa shape index (κ1) is 22.5. The molecule has 0 aliphatic rings. The Morgan fingerprint density at radius 2 is 1.83 bits per heavy atom. The van der Waals surface area contributed by atoms with Gasteiger partial charge in [0.15, 0.2) is 12.3 Å². The molecule has 2 aromatic heterocycles. The van der Waals surface area contributed by atoms with Crippen LogP contribution in [-0.4, -0.2) is 22.2 Å². The Hall–Kier alpha value is -4.24. The summed E-state index contributed by atoms with van der Waals surface area (Å²) in [5.41, 5.74) is 1.83. The van der Waals surface area contributed by atoms with E-state index < -0.39 is 11.5 Å². The van der Waals surface area contributed by atoms with Crippen LogP contribution in [0.2, 0.25) is 0 Å². The van der Waals surface area contributed by atoms with Crippen molar-refractivity contribution in [2.75, 3.05) is 6.61 Å². The minimum atomic E-state index is -0.641. The second-order valence-electron chi connectivity index (χ2n) is 7.74. The quantitative estimate of drug-likeness (QED) is 0.215. The molecule has 0 aliphatic carbocycles. The number of hydrogen-bond acceptors (Lipinski definition) is 6. The minimum Gasteiger partial charge on any atom is -0.493 e. The van der Waals surface area contributed by atoms with Crippen LogP contribution in [0.1, 0.15) is 5.56 Å². The summed E-state index contributed by atoms with van der Waals surface area (Å²) in [5.74, 6) is -0.386. The third kappa shape index (κ3) is 4.85. The number of aromatic nitrogens is 1. The monoisotopic (exact) mass is 531 g/mol. The summed E-state index contributed by atoms with van der Waals surface area (Å²) in [5, 5.41) is 20.1. The average Bonchev–Trinajstić information content (AvgIpc) is 3.11. The van der Waals surface area contributed by atoms with Gasteiger partial charge < -0.3 is 18.8 Å². The summed E-state index contributed by atoms with van der Waals surface area (Å²) in [7, 11) is 0. The van der Waals surface area contributed by atoms with Crippen molar-refractivity contribution in [3.63, 3.8) is 0 Å². The predicted molar refractivity (Wildman–Crippen MR) is 134 cm³/mol. The van der Waals surface area contributed by atoms with Crippen molar-refractivity contribution < 1.29 is 19.1 Å². The van der Waals surface area contributed by atoms with E-state index >= 15 is 0 Å². The number of halogens is 1. The van der Waals surface area contributed by atoms with Gasteiger partial charge in [-0.2, -0.15) is 0 Å². The molecule has 0 radical (unpaired) electrons. The SMILES string of the molecule is O=C(COc1ccc2ccc(=O)oc2c1)N=Nc1c(O)n(Cc2ccccc2)c2ccc(Br)cc12. The smallest absolute Gasteiger partial charge is 0.336 e. The van der Waals surface area contributed by atoms with E-state index in [0.29, 0.717) is 23.3 Å². The molecule has 5 aromatic rings. The maximum absolute atomic E-state index is 12.4. The molecule has 0 bridgehead atoms. The fraction of sp³-hybridized carbons (Fsp3) is 0.0769. The molecule has 0 aliphatic heterocycles. The van der Waals surface area contributed by atoms with Gasteiger partial charge in [0.2, 0.25) is 5.88 Å². The number of hydrogen-bond donors (Lipinski definition) is 1. The molecule has 0 atom stereocenters. The molecule has 0 saturated carbocycles. The van der Waals surface area contributed by atoms with Crippen LogP contribution < -0.4 is 10.4 Å². The fourth-order valence-corrected chi connectivity index (χ4v) is 4.09. The van der Waals surface area contributed by atoms with Crippen LogP contribution in [0.25, 0.3) is 21.9 Å². The molecular formula is C26H18BrN3O5.